The Kier molecular flexibility index (Phi) is 4.37. The number of rotatable bonds is 5. The summed E-state index contributed by atoms with van der Waals surface area (Å²) in [4.78, 5) is 41.4. The lowest BCUT2D eigenvalue weighted by Gasteiger charge is -2.28. The summed E-state index contributed by atoms with van der Waals surface area (Å²) in [7, 11) is 0. The van der Waals surface area contributed by atoms with Gasteiger partial charge in [-0.1, -0.05) is 36.4 Å². The van der Waals surface area contributed by atoms with E-state index in [2.05, 4.69) is 5.32 Å². The third-order valence-electron chi connectivity index (χ3n) is 5.68. The molecular formula is C22H25N3O3. The van der Waals surface area contributed by atoms with Gasteiger partial charge in [-0.05, 0) is 56.0 Å². The Labute approximate surface area is 164 Å². The van der Waals surface area contributed by atoms with Crippen molar-refractivity contribution in [2.45, 2.75) is 51.2 Å². The number of hydrogen-bond donors (Lipinski definition) is 1. The predicted octanol–water partition coefficient (Wildman–Crippen LogP) is 3.01. The topological polar surface area (TPSA) is 69.7 Å². The molecule has 0 bridgehead atoms. The summed E-state index contributed by atoms with van der Waals surface area (Å²) in [6, 6.07) is 13.4. The molecule has 1 saturated carbocycles. The van der Waals surface area contributed by atoms with Crippen LogP contribution in [-0.2, 0) is 15.1 Å². The fraction of sp³-hybridized carbons (Fsp3) is 0.409. The summed E-state index contributed by atoms with van der Waals surface area (Å²) in [6.45, 7) is 5.40. The zero-order valence-corrected chi connectivity index (χ0v) is 16.4. The van der Waals surface area contributed by atoms with Crippen LogP contribution in [0, 0.1) is 0 Å². The van der Waals surface area contributed by atoms with E-state index in [-0.39, 0.29) is 30.4 Å². The maximum absolute atomic E-state index is 13.2. The van der Waals surface area contributed by atoms with Crippen LogP contribution in [0.1, 0.15) is 39.2 Å². The molecule has 2 aliphatic rings. The van der Waals surface area contributed by atoms with E-state index < -0.39 is 11.6 Å². The van der Waals surface area contributed by atoms with Gasteiger partial charge in [0.25, 0.3) is 5.91 Å². The minimum Gasteiger partial charge on any atom is -0.336 e. The highest BCUT2D eigenvalue weighted by Crippen LogP contribution is 2.32. The number of nitrogens with zero attached hydrogens (tertiary/aromatic N) is 2. The van der Waals surface area contributed by atoms with E-state index in [1.54, 1.807) is 11.8 Å². The standard InChI is InChI=1S/C22H25N3O3/c1-14(2)25(18-10-11-18)19(26)13-24-20(27)22(3,23-21(24)28)17-9-8-15-6-4-5-7-16(15)12-17/h4-9,12,14,18H,10-11,13H2,1-3H3,(H,23,28). The van der Waals surface area contributed by atoms with Crippen molar-refractivity contribution >= 4 is 28.6 Å². The second-order valence-electron chi connectivity index (χ2n) is 8.13. The Hall–Kier alpha value is -2.89. The maximum atomic E-state index is 13.2. The smallest absolute Gasteiger partial charge is 0.325 e. The molecule has 4 rings (SSSR count). The van der Waals surface area contributed by atoms with Crippen LogP contribution in [0.25, 0.3) is 10.8 Å². The Morgan fingerprint density at radius 1 is 1.18 bits per heavy atom. The average Bonchev–Trinajstić information content (AvgIpc) is 3.46. The van der Waals surface area contributed by atoms with Crippen LogP contribution in [0.3, 0.4) is 0 Å². The first-order valence-corrected chi connectivity index (χ1v) is 9.76. The van der Waals surface area contributed by atoms with E-state index >= 15 is 0 Å². The van der Waals surface area contributed by atoms with Crippen molar-refractivity contribution in [2.24, 2.45) is 0 Å². The largest absolute Gasteiger partial charge is 0.336 e. The lowest BCUT2D eigenvalue weighted by atomic mass is 9.90. The Balaban J connectivity index is 1.59. The van der Waals surface area contributed by atoms with Gasteiger partial charge >= 0.3 is 6.03 Å². The van der Waals surface area contributed by atoms with E-state index in [0.29, 0.717) is 5.56 Å². The molecule has 1 aliphatic carbocycles. The fourth-order valence-corrected chi connectivity index (χ4v) is 4.02. The predicted molar refractivity (Wildman–Crippen MR) is 107 cm³/mol. The highest BCUT2D eigenvalue weighted by atomic mass is 16.2. The summed E-state index contributed by atoms with van der Waals surface area (Å²) >= 11 is 0. The van der Waals surface area contributed by atoms with Gasteiger partial charge in [0.2, 0.25) is 5.91 Å². The fourth-order valence-electron chi connectivity index (χ4n) is 4.02. The number of imide groups is 1. The lowest BCUT2D eigenvalue weighted by molar-refractivity contribution is -0.140. The summed E-state index contributed by atoms with van der Waals surface area (Å²) in [5, 5.41) is 4.86. The van der Waals surface area contributed by atoms with Gasteiger partial charge in [-0.15, -0.1) is 0 Å². The zero-order chi connectivity index (χ0) is 20.1. The molecule has 1 aliphatic heterocycles. The second kappa shape index (κ2) is 6.62. The third-order valence-corrected chi connectivity index (χ3v) is 5.68. The van der Waals surface area contributed by atoms with Crippen LogP contribution in [0.5, 0.6) is 0 Å². The molecule has 1 heterocycles. The molecule has 6 nitrogen and oxygen atoms in total. The highest BCUT2D eigenvalue weighted by molar-refractivity contribution is 6.09. The maximum Gasteiger partial charge on any atom is 0.325 e. The average molecular weight is 379 g/mol. The molecule has 2 fully saturated rings. The number of carbonyl (C=O) groups excluding carboxylic acids is 3. The molecular weight excluding hydrogens is 354 g/mol. The number of fused-ring (bicyclic) bond motifs is 1. The normalized spacial score (nSPS) is 22.1. The van der Waals surface area contributed by atoms with Crippen molar-refractivity contribution in [1.82, 2.24) is 15.1 Å². The number of amides is 4. The van der Waals surface area contributed by atoms with Crippen molar-refractivity contribution in [2.75, 3.05) is 6.54 Å². The monoisotopic (exact) mass is 379 g/mol. The van der Waals surface area contributed by atoms with Gasteiger partial charge in [0.1, 0.15) is 12.1 Å². The van der Waals surface area contributed by atoms with Gasteiger partial charge in [-0.2, -0.15) is 0 Å². The van der Waals surface area contributed by atoms with E-state index in [1.807, 2.05) is 56.3 Å². The van der Waals surface area contributed by atoms with Gasteiger partial charge < -0.3 is 10.2 Å². The molecule has 1 unspecified atom stereocenters. The van der Waals surface area contributed by atoms with Crippen LogP contribution in [0.15, 0.2) is 42.5 Å². The van der Waals surface area contributed by atoms with E-state index in [1.165, 1.54) is 0 Å². The molecule has 1 saturated heterocycles. The van der Waals surface area contributed by atoms with E-state index in [0.717, 1.165) is 28.5 Å². The van der Waals surface area contributed by atoms with E-state index in [9.17, 15) is 14.4 Å². The van der Waals surface area contributed by atoms with Crippen molar-refractivity contribution < 1.29 is 14.4 Å². The zero-order valence-electron chi connectivity index (χ0n) is 16.4. The number of urea groups is 1. The summed E-state index contributed by atoms with van der Waals surface area (Å²) in [5.74, 6) is -0.565. The summed E-state index contributed by atoms with van der Waals surface area (Å²) in [5.41, 5.74) is -0.466. The molecule has 0 aromatic heterocycles. The molecule has 2 aromatic rings. The Bertz CT molecular complexity index is 964. The minimum absolute atomic E-state index is 0.0487. The molecule has 2 aromatic carbocycles. The molecule has 1 N–H and O–H groups in total. The number of benzene rings is 2. The van der Waals surface area contributed by atoms with Crippen LogP contribution in [0.2, 0.25) is 0 Å². The molecule has 1 atom stereocenters. The van der Waals surface area contributed by atoms with Crippen molar-refractivity contribution in [3.8, 4) is 0 Å². The van der Waals surface area contributed by atoms with Crippen LogP contribution in [0.4, 0.5) is 4.79 Å². The minimum atomic E-state index is -1.18. The van der Waals surface area contributed by atoms with Crippen molar-refractivity contribution in [1.29, 1.82) is 0 Å². The molecule has 28 heavy (non-hydrogen) atoms. The first kappa shape index (κ1) is 18.5. The van der Waals surface area contributed by atoms with Crippen molar-refractivity contribution in [3.05, 3.63) is 48.0 Å². The summed E-state index contributed by atoms with van der Waals surface area (Å²) in [6.07, 6.45) is 1.97. The first-order valence-electron chi connectivity index (χ1n) is 9.76. The molecule has 0 spiro atoms. The van der Waals surface area contributed by atoms with E-state index in [4.69, 9.17) is 0 Å². The number of nitrogens with one attached hydrogen (secondary N) is 1. The first-order chi connectivity index (χ1) is 13.3. The SMILES string of the molecule is CC(C)N(C(=O)CN1C(=O)NC(C)(c2ccc3ccccc3c2)C1=O)C1CC1. The second-order valence-corrected chi connectivity index (χ2v) is 8.13. The van der Waals surface area contributed by atoms with Crippen molar-refractivity contribution in [3.63, 3.8) is 0 Å². The van der Waals surface area contributed by atoms with Gasteiger partial charge in [0, 0.05) is 12.1 Å². The molecule has 6 heteroatoms. The lowest BCUT2D eigenvalue weighted by Crippen LogP contribution is -2.47. The Morgan fingerprint density at radius 2 is 1.86 bits per heavy atom. The van der Waals surface area contributed by atoms with Gasteiger partial charge in [-0.3, -0.25) is 14.5 Å². The highest BCUT2D eigenvalue weighted by Gasteiger charge is 2.50. The summed E-state index contributed by atoms with van der Waals surface area (Å²) < 4.78 is 0. The molecule has 0 radical (unpaired) electrons. The number of hydrogen-bond acceptors (Lipinski definition) is 3. The van der Waals surface area contributed by atoms with Gasteiger partial charge in [-0.25, -0.2) is 4.79 Å². The van der Waals surface area contributed by atoms with Gasteiger partial charge in [0.15, 0.2) is 0 Å². The van der Waals surface area contributed by atoms with Gasteiger partial charge in [0.05, 0.1) is 0 Å². The molecule has 4 amide bonds. The van der Waals surface area contributed by atoms with Crippen LogP contribution < -0.4 is 5.32 Å². The molecule has 146 valence electrons. The Morgan fingerprint density at radius 3 is 2.50 bits per heavy atom. The number of carbonyl (C=O) groups is 3. The third kappa shape index (κ3) is 3.03. The van der Waals surface area contributed by atoms with Crippen LogP contribution in [-0.4, -0.2) is 46.3 Å². The van der Waals surface area contributed by atoms with Crippen LogP contribution >= 0.6 is 0 Å². The quantitative estimate of drug-likeness (QED) is 0.812.